The highest BCUT2D eigenvalue weighted by Gasteiger charge is 2.10. The maximum Gasteiger partial charge on any atom is 0.258 e. The molecule has 0 aliphatic heterocycles. The van der Waals surface area contributed by atoms with Crippen molar-refractivity contribution < 1.29 is 9.53 Å². The van der Waals surface area contributed by atoms with Crippen molar-refractivity contribution in [3.63, 3.8) is 0 Å². The van der Waals surface area contributed by atoms with E-state index in [-0.39, 0.29) is 5.91 Å². The second-order valence-corrected chi connectivity index (χ2v) is 8.41. The SMILES string of the molecule is COCCn1c(=NC(=O)CSCc2ccccc2)sc2cc(C)c(C)cc21. The van der Waals surface area contributed by atoms with Crippen LogP contribution in [0.4, 0.5) is 0 Å². The molecule has 0 radical (unpaired) electrons. The summed E-state index contributed by atoms with van der Waals surface area (Å²) in [5.74, 6) is 1.10. The number of hydrogen-bond donors (Lipinski definition) is 0. The minimum atomic E-state index is -0.0953. The van der Waals surface area contributed by atoms with Crippen LogP contribution in [0.15, 0.2) is 47.5 Å². The van der Waals surface area contributed by atoms with Crippen molar-refractivity contribution in [2.24, 2.45) is 4.99 Å². The molecule has 27 heavy (non-hydrogen) atoms. The summed E-state index contributed by atoms with van der Waals surface area (Å²) >= 11 is 3.16. The summed E-state index contributed by atoms with van der Waals surface area (Å²) in [6.07, 6.45) is 0. The van der Waals surface area contributed by atoms with Crippen molar-refractivity contribution in [3.8, 4) is 0 Å². The van der Waals surface area contributed by atoms with E-state index in [0.717, 1.165) is 20.8 Å². The third-order valence-corrected chi connectivity index (χ3v) is 6.40. The predicted octanol–water partition coefficient (Wildman–Crippen LogP) is 4.33. The molecule has 0 saturated carbocycles. The van der Waals surface area contributed by atoms with Crippen LogP contribution >= 0.6 is 23.1 Å². The van der Waals surface area contributed by atoms with Crippen LogP contribution in [-0.4, -0.2) is 29.9 Å². The van der Waals surface area contributed by atoms with E-state index in [0.29, 0.717) is 18.9 Å². The molecule has 142 valence electrons. The van der Waals surface area contributed by atoms with E-state index >= 15 is 0 Å². The number of carbonyl (C=O) groups excluding carboxylic acids is 1. The van der Waals surface area contributed by atoms with E-state index in [1.165, 1.54) is 16.7 Å². The van der Waals surface area contributed by atoms with E-state index in [2.05, 4.69) is 47.7 Å². The standard InChI is InChI=1S/C21H24N2O2S2/c1-15-11-18-19(12-16(15)2)27-21(23(18)9-10-25-3)22-20(24)14-26-13-17-7-5-4-6-8-17/h4-8,11-12H,9-10,13-14H2,1-3H3. The second kappa shape index (κ2) is 9.35. The highest BCUT2D eigenvalue weighted by atomic mass is 32.2. The summed E-state index contributed by atoms with van der Waals surface area (Å²) in [6.45, 7) is 5.48. The fourth-order valence-electron chi connectivity index (χ4n) is 2.77. The van der Waals surface area contributed by atoms with Crippen molar-refractivity contribution in [1.82, 2.24) is 4.57 Å². The lowest BCUT2D eigenvalue weighted by Crippen LogP contribution is -2.19. The van der Waals surface area contributed by atoms with Crippen LogP contribution in [0.3, 0.4) is 0 Å². The van der Waals surface area contributed by atoms with Crippen molar-refractivity contribution in [2.45, 2.75) is 26.1 Å². The van der Waals surface area contributed by atoms with E-state index in [1.807, 2.05) is 18.2 Å². The first-order valence-electron chi connectivity index (χ1n) is 8.87. The second-order valence-electron chi connectivity index (χ2n) is 6.42. The molecule has 0 N–H and O–H groups in total. The van der Waals surface area contributed by atoms with Gasteiger partial charge in [0.15, 0.2) is 4.80 Å². The Morgan fingerprint density at radius 2 is 1.93 bits per heavy atom. The molecule has 1 aromatic heterocycles. The number of methoxy groups -OCH3 is 1. The van der Waals surface area contributed by atoms with Crippen molar-refractivity contribution in [2.75, 3.05) is 19.5 Å². The highest BCUT2D eigenvalue weighted by Crippen LogP contribution is 2.22. The number of amides is 1. The van der Waals surface area contributed by atoms with Crippen molar-refractivity contribution in [3.05, 3.63) is 64.0 Å². The molecule has 3 rings (SSSR count). The summed E-state index contributed by atoms with van der Waals surface area (Å²) in [5, 5.41) is 0. The molecule has 0 aliphatic rings. The maximum absolute atomic E-state index is 12.4. The van der Waals surface area contributed by atoms with Gasteiger partial charge < -0.3 is 9.30 Å². The highest BCUT2D eigenvalue weighted by molar-refractivity contribution is 7.99. The van der Waals surface area contributed by atoms with E-state index in [4.69, 9.17) is 4.74 Å². The average molecular weight is 401 g/mol. The Kier molecular flexibility index (Phi) is 6.88. The van der Waals surface area contributed by atoms with Gasteiger partial charge in [-0.25, -0.2) is 0 Å². The van der Waals surface area contributed by atoms with Gasteiger partial charge in [-0.15, -0.1) is 11.8 Å². The largest absolute Gasteiger partial charge is 0.383 e. The molecule has 0 unspecified atom stereocenters. The lowest BCUT2D eigenvalue weighted by Gasteiger charge is -2.06. The lowest BCUT2D eigenvalue weighted by molar-refractivity contribution is -0.115. The number of fused-ring (bicyclic) bond motifs is 1. The lowest BCUT2D eigenvalue weighted by atomic mass is 10.1. The molecular formula is C21H24N2O2S2. The van der Waals surface area contributed by atoms with Gasteiger partial charge in [0.1, 0.15) is 0 Å². The Hall–Kier alpha value is -1.89. The van der Waals surface area contributed by atoms with Gasteiger partial charge in [-0.2, -0.15) is 4.99 Å². The minimum Gasteiger partial charge on any atom is -0.383 e. The smallest absolute Gasteiger partial charge is 0.258 e. The van der Waals surface area contributed by atoms with Crippen LogP contribution in [-0.2, 0) is 21.8 Å². The average Bonchev–Trinajstić information content (AvgIpc) is 2.97. The minimum absolute atomic E-state index is 0.0953. The summed E-state index contributed by atoms with van der Waals surface area (Å²) in [6, 6.07) is 14.5. The number of benzene rings is 2. The monoisotopic (exact) mass is 400 g/mol. The Bertz CT molecular complexity index is 991. The molecule has 1 amide bonds. The summed E-state index contributed by atoms with van der Waals surface area (Å²) in [5.41, 5.74) is 4.82. The molecular weight excluding hydrogens is 376 g/mol. The van der Waals surface area contributed by atoms with Gasteiger partial charge in [-0.3, -0.25) is 4.79 Å². The Morgan fingerprint density at radius 1 is 1.19 bits per heavy atom. The maximum atomic E-state index is 12.4. The molecule has 3 aromatic rings. The summed E-state index contributed by atoms with van der Waals surface area (Å²) < 4.78 is 8.49. The number of aromatic nitrogens is 1. The number of hydrogen-bond acceptors (Lipinski definition) is 4. The molecule has 2 aromatic carbocycles. The van der Waals surface area contributed by atoms with Gasteiger partial charge >= 0.3 is 0 Å². The molecule has 0 fully saturated rings. The van der Waals surface area contributed by atoms with Gasteiger partial charge in [0.2, 0.25) is 0 Å². The Balaban J connectivity index is 1.81. The first-order valence-corrected chi connectivity index (χ1v) is 10.8. The molecule has 1 heterocycles. The zero-order valence-corrected chi connectivity index (χ0v) is 17.5. The van der Waals surface area contributed by atoms with Crippen LogP contribution in [0, 0.1) is 13.8 Å². The first kappa shape index (κ1) is 19.9. The van der Waals surface area contributed by atoms with Crippen LogP contribution < -0.4 is 4.80 Å². The number of thioether (sulfide) groups is 1. The van der Waals surface area contributed by atoms with Gasteiger partial charge in [-0.05, 0) is 42.7 Å². The quantitative estimate of drug-likeness (QED) is 0.593. The molecule has 0 spiro atoms. The number of aryl methyl sites for hydroxylation is 2. The third-order valence-electron chi connectivity index (χ3n) is 4.37. The molecule has 0 saturated heterocycles. The topological polar surface area (TPSA) is 43.6 Å². The number of ether oxygens (including phenoxy) is 1. The van der Waals surface area contributed by atoms with Gasteiger partial charge in [0, 0.05) is 19.4 Å². The first-order chi connectivity index (χ1) is 13.1. The Labute approximate surface area is 167 Å². The summed E-state index contributed by atoms with van der Waals surface area (Å²) in [4.78, 5) is 17.6. The normalized spacial score (nSPS) is 12.0. The van der Waals surface area contributed by atoms with Crippen LogP contribution in [0.2, 0.25) is 0 Å². The molecule has 0 aliphatic carbocycles. The zero-order valence-electron chi connectivity index (χ0n) is 15.9. The van der Waals surface area contributed by atoms with E-state index in [1.54, 1.807) is 30.2 Å². The fourth-order valence-corrected chi connectivity index (χ4v) is 4.70. The molecule has 6 heteroatoms. The zero-order chi connectivity index (χ0) is 19.2. The van der Waals surface area contributed by atoms with Crippen LogP contribution in [0.5, 0.6) is 0 Å². The Morgan fingerprint density at radius 3 is 2.67 bits per heavy atom. The number of carbonyl (C=O) groups is 1. The fraction of sp³-hybridized carbons (Fsp3) is 0.333. The van der Waals surface area contributed by atoms with Crippen molar-refractivity contribution >= 4 is 39.2 Å². The van der Waals surface area contributed by atoms with E-state index < -0.39 is 0 Å². The van der Waals surface area contributed by atoms with Gasteiger partial charge in [-0.1, -0.05) is 41.7 Å². The number of rotatable bonds is 7. The molecule has 4 nitrogen and oxygen atoms in total. The van der Waals surface area contributed by atoms with E-state index in [9.17, 15) is 4.79 Å². The number of thiazole rings is 1. The van der Waals surface area contributed by atoms with Crippen LogP contribution in [0.1, 0.15) is 16.7 Å². The van der Waals surface area contributed by atoms with Gasteiger partial charge in [0.25, 0.3) is 5.91 Å². The van der Waals surface area contributed by atoms with Crippen molar-refractivity contribution in [1.29, 1.82) is 0 Å². The molecule has 0 atom stereocenters. The predicted molar refractivity (Wildman–Crippen MR) is 114 cm³/mol. The summed E-state index contributed by atoms with van der Waals surface area (Å²) in [7, 11) is 1.69. The third kappa shape index (κ3) is 5.09. The van der Waals surface area contributed by atoms with Crippen LogP contribution in [0.25, 0.3) is 10.2 Å². The molecule has 0 bridgehead atoms. The number of nitrogens with zero attached hydrogens (tertiary/aromatic N) is 2. The van der Waals surface area contributed by atoms with Gasteiger partial charge in [0.05, 0.1) is 22.6 Å².